The molecule has 24 heavy (non-hydrogen) atoms. The Morgan fingerprint density at radius 3 is 2.96 bits per heavy atom. The van der Waals surface area contributed by atoms with Crippen LogP contribution in [0.1, 0.15) is 11.1 Å². The van der Waals surface area contributed by atoms with E-state index in [0.29, 0.717) is 5.13 Å². The molecule has 0 spiro atoms. The summed E-state index contributed by atoms with van der Waals surface area (Å²) < 4.78 is 1.10. The number of anilines is 2. The van der Waals surface area contributed by atoms with E-state index in [4.69, 9.17) is 5.73 Å². The second-order valence-corrected chi connectivity index (χ2v) is 6.60. The molecule has 3 aromatic rings. The summed E-state index contributed by atoms with van der Waals surface area (Å²) in [7, 11) is 0. The van der Waals surface area contributed by atoms with Gasteiger partial charge in [0.25, 0.3) is 0 Å². The Hall–Kier alpha value is -2.70. The summed E-state index contributed by atoms with van der Waals surface area (Å²) in [4.78, 5) is 10.7. The summed E-state index contributed by atoms with van der Waals surface area (Å²) in [6.45, 7) is 0.753. The van der Waals surface area contributed by atoms with E-state index in [2.05, 4.69) is 34.3 Å². The number of rotatable bonds is 3. The molecule has 0 radical (unpaired) electrons. The fourth-order valence-electron chi connectivity index (χ4n) is 2.72. The molecule has 1 aromatic carbocycles. The molecule has 0 saturated carbocycles. The number of aromatic nitrogens is 2. The first-order valence-electron chi connectivity index (χ1n) is 7.60. The van der Waals surface area contributed by atoms with Gasteiger partial charge in [0.1, 0.15) is 5.82 Å². The average Bonchev–Trinajstić information content (AvgIpc) is 3.01. The molecule has 0 amide bonds. The number of aliphatic hydroxyl groups is 1. The van der Waals surface area contributed by atoms with Gasteiger partial charge < -0.3 is 15.7 Å². The number of aliphatic hydroxyl groups excluding tert-OH is 1. The van der Waals surface area contributed by atoms with E-state index in [1.54, 1.807) is 6.20 Å². The summed E-state index contributed by atoms with van der Waals surface area (Å²) in [5.74, 6) is 0.832. The van der Waals surface area contributed by atoms with E-state index < -0.39 is 0 Å². The molecule has 3 N–H and O–H groups in total. The van der Waals surface area contributed by atoms with Crippen LogP contribution in [0.5, 0.6) is 0 Å². The third-order valence-corrected chi connectivity index (χ3v) is 4.81. The van der Waals surface area contributed by atoms with Crippen molar-refractivity contribution in [1.29, 1.82) is 0 Å². The second kappa shape index (κ2) is 6.07. The minimum atomic E-state index is 0.0200. The number of nitrogen functional groups attached to an aromatic ring is 1. The van der Waals surface area contributed by atoms with Gasteiger partial charge in [-0.25, -0.2) is 9.97 Å². The number of nitrogens with zero attached hydrogens (tertiary/aromatic N) is 3. The van der Waals surface area contributed by atoms with Crippen LogP contribution in [-0.2, 0) is 6.61 Å². The summed E-state index contributed by atoms with van der Waals surface area (Å²) in [6.07, 6.45) is 7.97. The molecule has 0 fully saturated rings. The largest absolute Gasteiger partial charge is 0.392 e. The van der Waals surface area contributed by atoms with Gasteiger partial charge in [-0.15, -0.1) is 0 Å². The standard InChI is InChI=1S/C18H16N4OS/c19-18-21-15-2-1-14(10-16(15)24-18)13-4-7-22(8-5-13)17-9-12(11-23)3-6-20-17/h1-7,9-10,23H,8,11H2,(H2,19,21). The Balaban J connectivity index is 1.58. The number of nitrogens with two attached hydrogens (primary N) is 1. The van der Waals surface area contributed by atoms with E-state index >= 15 is 0 Å². The van der Waals surface area contributed by atoms with E-state index in [9.17, 15) is 5.11 Å². The molecule has 1 aliphatic heterocycles. The molecule has 2 aromatic heterocycles. The lowest BCUT2D eigenvalue weighted by Gasteiger charge is -2.22. The highest BCUT2D eigenvalue weighted by Crippen LogP contribution is 2.29. The highest BCUT2D eigenvalue weighted by atomic mass is 32.1. The van der Waals surface area contributed by atoms with Crippen molar-refractivity contribution >= 4 is 38.1 Å². The lowest BCUT2D eigenvalue weighted by atomic mass is 10.0. The van der Waals surface area contributed by atoms with E-state index in [0.717, 1.165) is 33.7 Å². The van der Waals surface area contributed by atoms with Gasteiger partial charge in [0.05, 0.1) is 16.8 Å². The molecule has 0 bridgehead atoms. The maximum Gasteiger partial charge on any atom is 0.181 e. The van der Waals surface area contributed by atoms with Gasteiger partial charge in [0.2, 0.25) is 0 Å². The first-order valence-corrected chi connectivity index (χ1v) is 8.42. The highest BCUT2D eigenvalue weighted by molar-refractivity contribution is 7.22. The molecular formula is C18H16N4OS. The monoisotopic (exact) mass is 336 g/mol. The van der Waals surface area contributed by atoms with Crippen LogP contribution in [0.25, 0.3) is 15.8 Å². The van der Waals surface area contributed by atoms with Crippen molar-refractivity contribution in [1.82, 2.24) is 9.97 Å². The molecule has 0 atom stereocenters. The van der Waals surface area contributed by atoms with Gasteiger partial charge in [0, 0.05) is 18.9 Å². The minimum Gasteiger partial charge on any atom is -0.392 e. The zero-order valence-corrected chi connectivity index (χ0v) is 13.7. The predicted molar refractivity (Wildman–Crippen MR) is 98.7 cm³/mol. The topological polar surface area (TPSA) is 75.3 Å². The van der Waals surface area contributed by atoms with Crippen LogP contribution in [-0.4, -0.2) is 21.6 Å². The molecule has 5 nitrogen and oxygen atoms in total. The van der Waals surface area contributed by atoms with Crippen molar-refractivity contribution in [3.05, 3.63) is 66.0 Å². The maximum atomic E-state index is 9.25. The molecule has 0 saturated heterocycles. The second-order valence-electron chi connectivity index (χ2n) is 5.54. The van der Waals surface area contributed by atoms with Crippen LogP contribution in [0.4, 0.5) is 10.9 Å². The Labute approximate surface area is 143 Å². The maximum absolute atomic E-state index is 9.25. The molecule has 0 aliphatic carbocycles. The fourth-order valence-corrected chi connectivity index (χ4v) is 3.49. The molecule has 1 aliphatic rings. The van der Waals surface area contributed by atoms with Gasteiger partial charge in [-0.05, 0) is 47.0 Å². The van der Waals surface area contributed by atoms with Gasteiger partial charge in [0.15, 0.2) is 5.13 Å². The number of fused-ring (bicyclic) bond motifs is 1. The van der Waals surface area contributed by atoms with Crippen LogP contribution in [0.3, 0.4) is 0 Å². The molecule has 0 unspecified atom stereocenters. The first-order chi connectivity index (χ1) is 11.7. The molecule has 120 valence electrons. The summed E-state index contributed by atoms with van der Waals surface area (Å²) in [5.41, 5.74) is 9.89. The van der Waals surface area contributed by atoms with Gasteiger partial charge in [-0.1, -0.05) is 23.5 Å². The van der Waals surface area contributed by atoms with Crippen LogP contribution in [0.2, 0.25) is 0 Å². The molecule has 3 heterocycles. The Kier molecular flexibility index (Phi) is 3.76. The Morgan fingerprint density at radius 1 is 1.25 bits per heavy atom. The number of hydrogen-bond acceptors (Lipinski definition) is 6. The quantitative estimate of drug-likeness (QED) is 0.768. The van der Waals surface area contributed by atoms with E-state index in [-0.39, 0.29) is 6.61 Å². The van der Waals surface area contributed by atoms with Crippen LogP contribution in [0.15, 0.2) is 54.9 Å². The van der Waals surface area contributed by atoms with Crippen molar-refractivity contribution in [3.63, 3.8) is 0 Å². The Bertz CT molecular complexity index is 961. The van der Waals surface area contributed by atoms with Crippen molar-refractivity contribution in [2.45, 2.75) is 6.61 Å². The SMILES string of the molecule is Nc1nc2ccc(C3=CCN(c4cc(CO)ccn4)C=C3)cc2s1. The van der Waals surface area contributed by atoms with Crippen LogP contribution < -0.4 is 10.6 Å². The van der Waals surface area contributed by atoms with Gasteiger partial charge in [-0.3, -0.25) is 0 Å². The fraction of sp³-hybridized carbons (Fsp3) is 0.111. The third kappa shape index (κ3) is 2.77. The summed E-state index contributed by atoms with van der Waals surface area (Å²) >= 11 is 1.50. The molecule has 6 heteroatoms. The number of benzene rings is 1. The lowest BCUT2D eigenvalue weighted by Crippen LogP contribution is -2.19. The smallest absolute Gasteiger partial charge is 0.181 e. The third-order valence-electron chi connectivity index (χ3n) is 3.97. The lowest BCUT2D eigenvalue weighted by molar-refractivity contribution is 0.282. The van der Waals surface area contributed by atoms with E-state index in [1.807, 2.05) is 29.3 Å². The summed E-state index contributed by atoms with van der Waals surface area (Å²) in [5, 5.41) is 9.84. The van der Waals surface area contributed by atoms with Crippen LogP contribution in [0, 0.1) is 0 Å². The minimum absolute atomic E-state index is 0.0200. The average molecular weight is 336 g/mol. The Morgan fingerprint density at radius 2 is 2.17 bits per heavy atom. The van der Waals surface area contributed by atoms with Gasteiger partial charge in [-0.2, -0.15) is 0 Å². The number of hydrogen-bond donors (Lipinski definition) is 2. The first kappa shape index (κ1) is 14.9. The van der Waals surface area contributed by atoms with Crippen molar-refractivity contribution in [2.24, 2.45) is 0 Å². The highest BCUT2D eigenvalue weighted by Gasteiger charge is 2.11. The van der Waals surface area contributed by atoms with Crippen molar-refractivity contribution in [3.8, 4) is 0 Å². The summed E-state index contributed by atoms with van der Waals surface area (Å²) in [6, 6.07) is 9.91. The zero-order valence-electron chi connectivity index (χ0n) is 12.9. The number of thiazole rings is 1. The molecular weight excluding hydrogens is 320 g/mol. The predicted octanol–water partition coefficient (Wildman–Crippen LogP) is 3.18. The normalized spacial score (nSPS) is 14.2. The zero-order chi connectivity index (χ0) is 16.5. The number of allylic oxidation sites excluding steroid dienone is 2. The number of pyridine rings is 1. The van der Waals surface area contributed by atoms with Crippen molar-refractivity contribution < 1.29 is 5.11 Å². The van der Waals surface area contributed by atoms with Crippen molar-refractivity contribution in [2.75, 3.05) is 17.2 Å². The van der Waals surface area contributed by atoms with Crippen LogP contribution >= 0.6 is 11.3 Å². The molecule has 4 rings (SSSR count). The van der Waals surface area contributed by atoms with Gasteiger partial charge >= 0.3 is 0 Å². The van der Waals surface area contributed by atoms with E-state index in [1.165, 1.54) is 16.9 Å².